The number of carbonyl (C=O) groups is 1. The van der Waals surface area contributed by atoms with Gasteiger partial charge in [0.25, 0.3) is 0 Å². The SMILES string of the molecule is CC(=O)CCCCn1nc2n(c1=O)CCCCC2. The van der Waals surface area contributed by atoms with E-state index < -0.39 is 0 Å². The Kier molecular flexibility index (Phi) is 4.33. The van der Waals surface area contributed by atoms with Gasteiger partial charge in [-0.25, -0.2) is 9.48 Å². The molecule has 1 aliphatic heterocycles. The van der Waals surface area contributed by atoms with Crippen molar-refractivity contribution in [2.24, 2.45) is 0 Å². The van der Waals surface area contributed by atoms with Crippen molar-refractivity contribution >= 4 is 5.78 Å². The Morgan fingerprint density at radius 1 is 1.28 bits per heavy atom. The van der Waals surface area contributed by atoms with E-state index in [0.29, 0.717) is 13.0 Å². The Hall–Kier alpha value is -1.39. The number of fused-ring (bicyclic) bond motifs is 1. The number of nitrogens with zero attached hydrogens (tertiary/aromatic N) is 3. The highest BCUT2D eigenvalue weighted by molar-refractivity contribution is 5.75. The van der Waals surface area contributed by atoms with E-state index in [4.69, 9.17) is 0 Å². The van der Waals surface area contributed by atoms with Gasteiger partial charge in [0.2, 0.25) is 0 Å². The lowest BCUT2D eigenvalue weighted by molar-refractivity contribution is -0.117. The summed E-state index contributed by atoms with van der Waals surface area (Å²) in [5.41, 5.74) is 0.0229. The van der Waals surface area contributed by atoms with Gasteiger partial charge in [-0.1, -0.05) is 6.42 Å². The molecule has 5 nitrogen and oxygen atoms in total. The molecule has 5 heteroatoms. The molecule has 0 atom stereocenters. The number of rotatable bonds is 5. The maximum atomic E-state index is 12.1. The zero-order valence-electron chi connectivity index (χ0n) is 11.0. The molecule has 0 radical (unpaired) electrons. The van der Waals surface area contributed by atoms with Crippen LogP contribution in [0.25, 0.3) is 0 Å². The summed E-state index contributed by atoms with van der Waals surface area (Å²) in [6, 6.07) is 0. The molecule has 1 aromatic rings. The zero-order valence-corrected chi connectivity index (χ0v) is 11.0. The fourth-order valence-electron chi connectivity index (χ4n) is 2.41. The van der Waals surface area contributed by atoms with E-state index in [9.17, 15) is 9.59 Å². The van der Waals surface area contributed by atoms with Gasteiger partial charge in [-0.15, -0.1) is 0 Å². The lowest BCUT2D eigenvalue weighted by Crippen LogP contribution is -2.25. The molecule has 0 aromatic carbocycles. The van der Waals surface area contributed by atoms with Crippen molar-refractivity contribution < 1.29 is 4.79 Å². The van der Waals surface area contributed by atoms with Crippen molar-refractivity contribution in [2.45, 2.75) is 65.0 Å². The van der Waals surface area contributed by atoms with Crippen molar-refractivity contribution in [2.75, 3.05) is 0 Å². The van der Waals surface area contributed by atoms with Crippen molar-refractivity contribution in [1.29, 1.82) is 0 Å². The highest BCUT2D eigenvalue weighted by Gasteiger charge is 2.14. The van der Waals surface area contributed by atoms with Crippen LogP contribution in [0.1, 0.15) is 51.3 Å². The number of hydrogen-bond acceptors (Lipinski definition) is 3. The number of aromatic nitrogens is 3. The molecule has 1 aromatic heterocycles. The number of Topliss-reactive ketones (excluding diaryl/α,β-unsaturated/α-hetero) is 1. The zero-order chi connectivity index (χ0) is 13.0. The third-order valence-corrected chi connectivity index (χ3v) is 3.43. The monoisotopic (exact) mass is 251 g/mol. The first-order chi connectivity index (χ1) is 8.68. The van der Waals surface area contributed by atoms with Gasteiger partial charge in [-0.05, 0) is 32.6 Å². The van der Waals surface area contributed by atoms with Crippen LogP contribution in [0.5, 0.6) is 0 Å². The lowest BCUT2D eigenvalue weighted by atomic mass is 10.2. The van der Waals surface area contributed by atoms with Crippen LogP contribution in [0.15, 0.2) is 4.79 Å². The second kappa shape index (κ2) is 5.98. The largest absolute Gasteiger partial charge is 0.345 e. The molecule has 0 unspecified atom stereocenters. The van der Waals surface area contributed by atoms with Gasteiger partial charge < -0.3 is 4.79 Å². The van der Waals surface area contributed by atoms with E-state index >= 15 is 0 Å². The molecule has 18 heavy (non-hydrogen) atoms. The fourth-order valence-corrected chi connectivity index (χ4v) is 2.41. The minimum Gasteiger partial charge on any atom is -0.300 e. The number of carbonyl (C=O) groups excluding carboxylic acids is 1. The van der Waals surface area contributed by atoms with Crippen molar-refractivity contribution in [3.63, 3.8) is 0 Å². The molecule has 0 aliphatic carbocycles. The first kappa shape index (κ1) is 13.1. The van der Waals surface area contributed by atoms with Crippen LogP contribution >= 0.6 is 0 Å². The van der Waals surface area contributed by atoms with E-state index in [-0.39, 0.29) is 11.5 Å². The topological polar surface area (TPSA) is 56.9 Å². The molecule has 2 heterocycles. The number of ketones is 1. The van der Waals surface area contributed by atoms with Gasteiger partial charge in [0.1, 0.15) is 11.6 Å². The molecule has 0 saturated carbocycles. The van der Waals surface area contributed by atoms with E-state index in [1.807, 2.05) is 4.57 Å². The van der Waals surface area contributed by atoms with Crippen LogP contribution in [0.3, 0.4) is 0 Å². The summed E-state index contributed by atoms with van der Waals surface area (Å²) in [6.07, 6.45) is 6.57. The minimum absolute atomic E-state index is 0.0229. The average molecular weight is 251 g/mol. The molecular weight excluding hydrogens is 230 g/mol. The quantitative estimate of drug-likeness (QED) is 0.746. The predicted octanol–water partition coefficient (Wildman–Crippen LogP) is 1.53. The van der Waals surface area contributed by atoms with E-state index in [2.05, 4.69) is 5.10 Å². The molecule has 0 saturated heterocycles. The maximum Gasteiger partial charge on any atom is 0.345 e. The van der Waals surface area contributed by atoms with Gasteiger partial charge in [0.05, 0.1) is 0 Å². The predicted molar refractivity (Wildman–Crippen MR) is 68.6 cm³/mol. The Labute approximate surface area is 107 Å². The average Bonchev–Trinajstić information content (AvgIpc) is 2.53. The highest BCUT2D eigenvalue weighted by Crippen LogP contribution is 2.10. The molecule has 2 rings (SSSR count). The summed E-state index contributed by atoms with van der Waals surface area (Å²) in [6.45, 7) is 3.04. The van der Waals surface area contributed by atoms with Crippen LogP contribution in [-0.2, 0) is 24.3 Å². The maximum absolute atomic E-state index is 12.1. The van der Waals surface area contributed by atoms with Crippen LogP contribution < -0.4 is 5.69 Å². The van der Waals surface area contributed by atoms with Crippen molar-refractivity contribution in [1.82, 2.24) is 14.3 Å². The van der Waals surface area contributed by atoms with Gasteiger partial charge in [0, 0.05) is 25.9 Å². The summed E-state index contributed by atoms with van der Waals surface area (Å²) in [5, 5.41) is 4.41. The van der Waals surface area contributed by atoms with Crippen molar-refractivity contribution in [3.05, 3.63) is 16.3 Å². The summed E-state index contributed by atoms with van der Waals surface area (Å²) in [4.78, 5) is 22.9. The molecule has 0 fully saturated rings. The minimum atomic E-state index is 0.0229. The summed E-state index contributed by atoms with van der Waals surface area (Å²) in [5.74, 6) is 1.15. The van der Waals surface area contributed by atoms with Gasteiger partial charge >= 0.3 is 5.69 Å². The Bertz CT molecular complexity index is 473. The molecule has 0 bridgehead atoms. The number of aryl methyl sites for hydroxylation is 2. The van der Waals surface area contributed by atoms with Gasteiger partial charge in [-0.2, -0.15) is 5.10 Å². The molecule has 0 amide bonds. The molecule has 1 aliphatic rings. The van der Waals surface area contributed by atoms with Crippen LogP contribution in [0, 0.1) is 0 Å². The Morgan fingerprint density at radius 2 is 2.11 bits per heavy atom. The first-order valence-corrected chi connectivity index (χ1v) is 6.84. The van der Waals surface area contributed by atoms with Crippen molar-refractivity contribution in [3.8, 4) is 0 Å². The lowest BCUT2D eigenvalue weighted by Gasteiger charge is -1.99. The van der Waals surface area contributed by atoms with Gasteiger partial charge in [-0.3, -0.25) is 4.57 Å². The second-order valence-electron chi connectivity index (χ2n) is 5.04. The van der Waals surface area contributed by atoms with E-state index in [0.717, 1.165) is 44.5 Å². The third kappa shape index (κ3) is 3.09. The normalized spacial score (nSPS) is 15.2. The first-order valence-electron chi connectivity index (χ1n) is 6.84. The molecule has 100 valence electrons. The number of unbranched alkanes of at least 4 members (excludes halogenated alkanes) is 1. The molecule has 0 N–H and O–H groups in total. The van der Waals surface area contributed by atoms with Gasteiger partial charge in [0.15, 0.2) is 0 Å². The fraction of sp³-hybridized carbons (Fsp3) is 0.769. The Morgan fingerprint density at radius 3 is 2.89 bits per heavy atom. The summed E-state index contributed by atoms with van der Waals surface area (Å²) in [7, 11) is 0. The summed E-state index contributed by atoms with van der Waals surface area (Å²) >= 11 is 0. The van der Waals surface area contributed by atoms with Crippen LogP contribution in [-0.4, -0.2) is 20.1 Å². The smallest absolute Gasteiger partial charge is 0.300 e. The third-order valence-electron chi connectivity index (χ3n) is 3.43. The van der Waals surface area contributed by atoms with Crippen LogP contribution in [0.4, 0.5) is 0 Å². The number of hydrogen-bond donors (Lipinski definition) is 0. The highest BCUT2D eigenvalue weighted by atomic mass is 16.2. The van der Waals surface area contributed by atoms with E-state index in [1.165, 1.54) is 6.42 Å². The molecular formula is C13H21N3O2. The standard InChI is InChI=1S/C13H21N3O2/c1-11(17)7-4-6-10-16-13(18)15-9-5-2-3-8-12(15)14-16/h2-10H2,1H3. The Balaban J connectivity index is 1.97. The van der Waals surface area contributed by atoms with E-state index in [1.54, 1.807) is 11.6 Å². The second-order valence-corrected chi connectivity index (χ2v) is 5.04. The van der Waals surface area contributed by atoms with Crippen LogP contribution in [0.2, 0.25) is 0 Å². The molecule has 0 spiro atoms. The summed E-state index contributed by atoms with van der Waals surface area (Å²) < 4.78 is 3.39.